The van der Waals surface area contributed by atoms with Gasteiger partial charge < -0.3 is 5.32 Å². The van der Waals surface area contributed by atoms with E-state index in [1.807, 2.05) is 40.7 Å². The highest BCUT2D eigenvalue weighted by Gasteiger charge is 2.30. The van der Waals surface area contributed by atoms with Crippen molar-refractivity contribution in [2.45, 2.75) is 45.6 Å². The van der Waals surface area contributed by atoms with Gasteiger partial charge in [-0.05, 0) is 81.1 Å². The van der Waals surface area contributed by atoms with Crippen molar-refractivity contribution in [1.82, 2.24) is 5.32 Å². The Bertz CT molecular complexity index is 1320. The van der Waals surface area contributed by atoms with Crippen LogP contribution in [0.5, 0.6) is 0 Å². The lowest BCUT2D eigenvalue weighted by molar-refractivity contribution is -0.120. The van der Waals surface area contributed by atoms with Crippen LogP contribution in [-0.2, 0) is 14.8 Å². The molecule has 1 N–H and O–H groups in total. The number of anilines is 1. The number of hydrogen-bond donors (Lipinski definition) is 1. The van der Waals surface area contributed by atoms with Crippen molar-refractivity contribution in [3.05, 3.63) is 92.5 Å². The number of halogens is 2. The van der Waals surface area contributed by atoms with Crippen LogP contribution in [0.25, 0.3) is 0 Å². The summed E-state index contributed by atoms with van der Waals surface area (Å²) in [6.45, 7) is 9.34. The van der Waals surface area contributed by atoms with E-state index >= 15 is 0 Å². The molecule has 3 rings (SSSR count). The summed E-state index contributed by atoms with van der Waals surface area (Å²) in [5.41, 5.74) is 5.38. The maximum absolute atomic E-state index is 13.6. The van der Waals surface area contributed by atoms with E-state index in [1.54, 1.807) is 24.3 Å². The molecule has 34 heavy (non-hydrogen) atoms. The van der Waals surface area contributed by atoms with E-state index in [9.17, 15) is 13.2 Å². The van der Waals surface area contributed by atoms with Crippen molar-refractivity contribution in [3.63, 3.8) is 0 Å². The predicted molar refractivity (Wildman–Crippen MR) is 139 cm³/mol. The zero-order valence-corrected chi connectivity index (χ0v) is 22.1. The molecule has 0 heterocycles. The Hall–Kier alpha value is -2.54. The molecule has 180 valence electrons. The fraction of sp³-hybridized carbons (Fsp3) is 0.269. The second-order valence-electron chi connectivity index (χ2n) is 8.48. The van der Waals surface area contributed by atoms with Crippen molar-refractivity contribution in [2.75, 3.05) is 10.8 Å². The summed E-state index contributed by atoms with van der Waals surface area (Å²) in [4.78, 5) is 13.2. The standard InChI is InChI=1S/C26H28Cl2N2O3S/c1-16-9-11-21(12-10-16)34(32,33)30(24-8-6-7-23(27)26(24)28)15-25(31)29-20(5)22-14-18(3)17(2)13-19(22)4/h6-14,20H,15H2,1-5H3,(H,29,31)/t20-/m1/s1. The molecule has 0 fully saturated rings. The zero-order valence-electron chi connectivity index (χ0n) is 19.8. The largest absolute Gasteiger partial charge is 0.348 e. The molecule has 0 aliphatic heterocycles. The number of hydrogen-bond acceptors (Lipinski definition) is 3. The summed E-state index contributed by atoms with van der Waals surface area (Å²) < 4.78 is 28.2. The van der Waals surface area contributed by atoms with Crippen molar-refractivity contribution < 1.29 is 13.2 Å². The fourth-order valence-corrected chi connectivity index (χ4v) is 5.65. The Morgan fingerprint density at radius 3 is 2.21 bits per heavy atom. The summed E-state index contributed by atoms with van der Waals surface area (Å²) in [6, 6.07) is 14.9. The molecule has 3 aromatic rings. The molecule has 0 saturated carbocycles. The number of sulfonamides is 1. The van der Waals surface area contributed by atoms with Crippen LogP contribution in [0.15, 0.2) is 59.5 Å². The number of nitrogens with zero attached hydrogens (tertiary/aromatic N) is 1. The highest BCUT2D eigenvalue weighted by molar-refractivity contribution is 7.92. The molecular weight excluding hydrogens is 491 g/mol. The average Bonchev–Trinajstić information content (AvgIpc) is 2.77. The van der Waals surface area contributed by atoms with Gasteiger partial charge in [0.05, 0.1) is 26.7 Å². The molecule has 8 heteroatoms. The van der Waals surface area contributed by atoms with Crippen molar-refractivity contribution in [1.29, 1.82) is 0 Å². The van der Waals surface area contributed by atoms with Crippen LogP contribution in [0.3, 0.4) is 0 Å². The highest BCUT2D eigenvalue weighted by atomic mass is 35.5. The lowest BCUT2D eigenvalue weighted by Gasteiger charge is -2.26. The van der Waals surface area contributed by atoms with Crippen LogP contribution in [0.2, 0.25) is 10.0 Å². The van der Waals surface area contributed by atoms with Crippen LogP contribution in [0.4, 0.5) is 5.69 Å². The van der Waals surface area contributed by atoms with Crippen molar-refractivity contribution >= 4 is 44.8 Å². The first-order chi connectivity index (χ1) is 15.9. The van der Waals surface area contributed by atoms with Gasteiger partial charge in [-0.25, -0.2) is 8.42 Å². The summed E-state index contributed by atoms with van der Waals surface area (Å²) in [7, 11) is -4.10. The summed E-state index contributed by atoms with van der Waals surface area (Å²) >= 11 is 12.5. The monoisotopic (exact) mass is 518 g/mol. The van der Waals surface area contributed by atoms with Gasteiger partial charge in [0.1, 0.15) is 6.54 Å². The number of amides is 1. The molecule has 5 nitrogen and oxygen atoms in total. The second-order valence-corrected chi connectivity index (χ2v) is 11.1. The zero-order chi connectivity index (χ0) is 25.2. The first kappa shape index (κ1) is 26.1. The third-order valence-electron chi connectivity index (χ3n) is 5.82. The van der Waals surface area contributed by atoms with E-state index in [0.29, 0.717) is 0 Å². The lowest BCUT2D eigenvalue weighted by atomic mass is 9.96. The van der Waals surface area contributed by atoms with Crippen LogP contribution < -0.4 is 9.62 Å². The Morgan fingerprint density at radius 2 is 1.56 bits per heavy atom. The average molecular weight is 519 g/mol. The minimum Gasteiger partial charge on any atom is -0.348 e. The number of benzene rings is 3. The maximum atomic E-state index is 13.6. The van der Waals surface area contributed by atoms with E-state index in [4.69, 9.17) is 23.2 Å². The van der Waals surface area contributed by atoms with Gasteiger partial charge in [0, 0.05) is 0 Å². The Morgan fingerprint density at radius 1 is 0.941 bits per heavy atom. The molecular formula is C26H28Cl2N2O3S. The molecule has 0 aliphatic carbocycles. The van der Waals surface area contributed by atoms with Crippen molar-refractivity contribution in [3.8, 4) is 0 Å². The number of nitrogens with one attached hydrogen (secondary N) is 1. The first-order valence-electron chi connectivity index (χ1n) is 10.8. The van der Waals surface area contributed by atoms with Crippen LogP contribution in [0, 0.1) is 27.7 Å². The molecule has 0 spiro atoms. The SMILES string of the molecule is Cc1ccc(S(=O)(=O)N(CC(=O)N[C@H](C)c2cc(C)c(C)cc2C)c2cccc(Cl)c2Cl)cc1. The van der Waals surface area contributed by atoms with Gasteiger partial charge in [0.2, 0.25) is 5.91 Å². The smallest absolute Gasteiger partial charge is 0.264 e. The minimum absolute atomic E-state index is 0.0556. The van der Waals surface area contributed by atoms with E-state index in [1.165, 1.54) is 23.8 Å². The molecule has 0 bridgehead atoms. The topological polar surface area (TPSA) is 66.5 Å². The number of rotatable bonds is 7. The number of aryl methyl sites for hydroxylation is 4. The Balaban J connectivity index is 1.96. The molecule has 0 aromatic heterocycles. The second kappa shape index (κ2) is 10.4. The molecule has 0 aliphatic rings. The Labute approximate surface area is 211 Å². The Kier molecular flexibility index (Phi) is 7.96. The van der Waals surface area contributed by atoms with E-state index in [-0.39, 0.29) is 26.7 Å². The third kappa shape index (κ3) is 5.57. The maximum Gasteiger partial charge on any atom is 0.264 e. The molecule has 3 aromatic carbocycles. The van der Waals surface area contributed by atoms with E-state index < -0.39 is 22.5 Å². The molecule has 0 unspecified atom stereocenters. The quantitative estimate of drug-likeness (QED) is 0.399. The third-order valence-corrected chi connectivity index (χ3v) is 8.41. The van der Waals surface area contributed by atoms with E-state index in [0.717, 1.165) is 26.6 Å². The van der Waals surface area contributed by atoms with Gasteiger partial charge in [0.25, 0.3) is 10.0 Å². The summed E-state index contributed by atoms with van der Waals surface area (Å²) in [5.74, 6) is -0.461. The van der Waals surface area contributed by atoms with Crippen molar-refractivity contribution in [2.24, 2.45) is 0 Å². The summed E-state index contributed by atoms with van der Waals surface area (Å²) in [5, 5.41) is 3.19. The minimum atomic E-state index is -4.10. The normalized spacial score (nSPS) is 12.3. The fourth-order valence-electron chi connectivity index (χ4n) is 3.77. The van der Waals surface area contributed by atoms with Gasteiger partial charge in [-0.15, -0.1) is 0 Å². The lowest BCUT2D eigenvalue weighted by Crippen LogP contribution is -2.41. The molecule has 0 radical (unpaired) electrons. The van der Waals surface area contributed by atoms with Gasteiger partial charge in [0.15, 0.2) is 0 Å². The van der Waals surface area contributed by atoms with Gasteiger partial charge in [-0.2, -0.15) is 0 Å². The van der Waals surface area contributed by atoms with Crippen LogP contribution in [0.1, 0.15) is 40.8 Å². The molecule has 1 atom stereocenters. The van der Waals surface area contributed by atoms with Crippen LogP contribution in [-0.4, -0.2) is 20.9 Å². The van der Waals surface area contributed by atoms with Gasteiger partial charge in [-0.3, -0.25) is 9.10 Å². The predicted octanol–water partition coefficient (Wildman–Crippen LogP) is 6.30. The first-order valence-corrected chi connectivity index (χ1v) is 13.0. The molecule has 1 amide bonds. The van der Waals surface area contributed by atoms with Gasteiger partial charge >= 0.3 is 0 Å². The highest BCUT2D eigenvalue weighted by Crippen LogP contribution is 2.35. The number of carbonyl (C=O) groups excluding carboxylic acids is 1. The van der Waals surface area contributed by atoms with E-state index in [2.05, 4.69) is 11.4 Å². The molecule has 0 saturated heterocycles. The number of carbonyl (C=O) groups is 1. The van der Waals surface area contributed by atoms with Crippen LogP contribution >= 0.6 is 23.2 Å². The summed E-state index contributed by atoms with van der Waals surface area (Å²) in [6.07, 6.45) is 0. The van der Waals surface area contributed by atoms with Gasteiger partial charge in [-0.1, -0.05) is 59.1 Å².